The molecule has 0 spiro atoms. The quantitative estimate of drug-likeness (QED) is 0.380. The van der Waals surface area contributed by atoms with Crippen molar-refractivity contribution in [3.05, 3.63) is 59.7 Å². The Kier molecular flexibility index (Phi) is 8.38. The maximum Gasteiger partial charge on any atom is 0.264 e. The minimum absolute atomic E-state index is 0.0561. The van der Waals surface area contributed by atoms with Gasteiger partial charge in [-0.3, -0.25) is 14.7 Å². The lowest BCUT2D eigenvalue weighted by Crippen LogP contribution is -2.49. The van der Waals surface area contributed by atoms with Crippen LogP contribution in [0.2, 0.25) is 0 Å². The Bertz CT molecular complexity index is 1030. The number of nitrogens with one attached hydrogen (secondary N) is 1. The Balaban J connectivity index is 1.89. The molecule has 0 radical (unpaired) electrons. The molecule has 8 heteroatoms. The van der Waals surface area contributed by atoms with Crippen molar-refractivity contribution in [2.45, 2.75) is 56.0 Å². The molecule has 2 aromatic rings. The third-order valence-corrected chi connectivity index (χ3v) is 7.97. The molecular formula is C24H31NO5S2. The van der Waals surface area contributed by atoms with Gasteiger partial charge in [-0.2, -0.15) is 8.42 Å². The molecule has 0 bridgehead atoms. The van der Waals surface area contributed by atoms with Gasteiger partial charge in [-0.15, -0.1) is 11.8 Å². The zero-order valence-corrected chi connectivity index (χ0v) is 20.2. The van der Waals surface area contributed by atoms with Crippen LogP contribution in [0.15, 0.2) is 53.4 Å². The summed E-state index contributed by atoms with van der Waals surface area (Å²) in [6, 6.07) is 16.1. The first-order chi connectivity index (χ1) is 15.3. The Morgan fingerprint density at radius 2 is 1.97 bits per heavy atom. The molecule has 0 saturated heterocycles. The molecular weight excluding hydrogens is 446 g/mol. The highest BCUT2D eigenvalue weighted by molar-refractivity contribution is 7.99. The highest BCUT2D eigenvalue weighted by Gasteiger charge is 2.37. The van der Waals surface area contributed by atoms with Crippen LogP contribution in [0.5, 0.6) is 5.75 Å². The average Bonchev–Trinajstić information content (AvgIpc) is 2.94. The van der Waals surface area contributed by atoms with Crippen LogP contribution in [0.25, 0.3) is 0 Å². The van der Waals surface area contributed by atoms with Crippen LogP contribution in [0.4, 0.5) is 0 Å². The molecule has 0 amide bonds. The van der Waals surface area contributed by atoms with Crippen molar-refractivity contribution in [3.63, 3.8) is 0 Å². The van der Waals surface area contributed by atoms with Crippen LogP contribution in [0.3, 0.4) is 0 Å². The lowest BCUT2D eigenvalue weighted by atomic mass is 9.87. The molecule has 6 nitrogen and oxygen atoms in total. The Morgan fingerprint density at radius 1 is 1.22 bits per heavy atom. The molecule has 1 aliphatic heterocycles. The highest BCUT2D eigenvalue weighted by atomic mass is 32.2. The number of fused-ring (bicyclic) bond motifs is 1. The second-order valence-electron chi connectivity index (χ2n) is 8.17. The molecule has 0 aliphatic carbocycles. The van der Waals surface area contributed by atoms with Crippen LogP contribution >= 0.6 is 11.8 Å². The van der Waals surface area contributed by atoms with Gasteiger partial charge < -0.3 is 4.74 Å². The maximum absolute atomic E-state index is 12.4. The molecule has 2 aromatic carbocycles. The molecule has 0 saturated carbocycles. The zero-order chi connectivity index (χ0) is 23.2. The first kappa shape index (κ1) is 24.8. The summed E-state index contributed by atoms with van der Waals surface area (Å²) in [5, 5.41) is 3.83. The number of thioether (sulfide) groups is 1. The lowest BCUT2D eigenvalue weighted by molar-refractivity contribution is -0.120. The largest absolute Gasteiger partial charge is 0.494 e. The second kappa shape index (κ2) is 10.8. The fraction of sp³-hybridized carbons (Fsp3) is 0.458. The van der Waals surface area contributed by atoms with Gasteiger partial charge in [-0.05, 0) is 36.1 Å². The number of carbonyl (C=O) groups is 1. The number of hydrogen-bond donors (Lipinski definition) is 2. The third kappa shape index (κ3) is 6.57. The molecule has 1 heterocycles. The molecule has 0 unspecified atom stereocenters. The smallest absolute Gasteiger partial charge is 0.264 e. The van der Waals surface area contributed by atoms with Gasteiger partial charge in [0.15, 0.2) is 0 Å². The maximum atomic E-state index is 12.4. The van der Waals surface area contributed by atoms with E-state index in [0.717, 1.165) is 28.2 Å². The van der Waals surface area contributed by atoms with Gasteiger partial charge in [0.2, 0.25) is 0 Å². The topological polar surface area (TPSA) is 92.7 Å². The van der Waals surface area contributed by atoms with Crippen molar-refractivity contribution >= 4 is 27.7 Å². The van der Waals surface area contributed by atoms with Gasteiger partial charge in [-0.25, -0.2) is 0 Å². The van der Waals surface area contributed by atoms with Crippen molar-refractivity contribution < 1.29 is 22.5 Å². The van der Waals surface area contributed by atoms with E-state index in [1.807, 2.05) is 43.3 Å². The summed E-state index contributed by atoms with van der Waals surface area (Å²) in [4.78, 5) is 13.5. The molecule has 3 rings (SSSR count). The fourth-order valence-corrected chi connectivity index (χ4v) is 5.74. The van der Waals surface area contributed by atoms with E-state index in [2.05, 4.69) is 24.4 Å². The van der Waals surface area contributed by atoms with Crippen LogP contribution in [0, 0.1) is 0 Å². The lowest BCUT2D eigenvalue weighted by Gasteiger charge is -2.35. The number of ketones is 1. The molecule has 32 heavy (non-hydrogen) atoms. The van der Waals surface area contributed by atoms with E-state index >= 15 is 0 Å². The Hall–Kier alpha value is -1.87. The van der Waals surface area contributed by atoms with Crippen molar-refractivity contribution in [2.75, 3.05) is 18.1 Å². The van der Waals surface area contributed by atoms with E-state index in [1.54, 1.807) is 11.8 Å². The summed E-state index contributed by atoms with van der Waals surface area (Å²) in [5.74, 6) is 1.35. The van der Waals surface area contributed by atoms with Crippen molar-refractivity contribution in [2.24, 2.45) is 0 Å². The standard InChI is InChI=1S/C24H31NO5S2/c1-3-19(26)16-24(4-2)17-31-22-15-20(30-13-8-14-32(27,28)29)11-12-21(22)23(25-24)18-9-6-5-7-10-18/h5-7,9-12,15,23,25H,3-4,8,13-14,16-17H2,1-2H3,(H,27,28,29)/t23-,24-/m0/s1. The van der Waals surface area contributed by atoms with E-state index in [-0.39, 0.29) is 36.1 Å². The minimum Gasteiger partial charge on any atom is -0.494 e. The SMILES string of the molecule is CCC(=O)C[C@@]1(CC)CSc2cc(OCCCS(=O)(=O)O)ccc2[C@H](c2ccccc2)N1. The molecule has 2 N–H and O–H groups in total. The summed E-state index contributed by atoms with van der Waals surface area (Å²) in [7, 11) is -3.98. The van der Waals surface area contributed by atoms with E-state index in [1.165, 1.54) is 0 Å². The average molecular weight is 478 g/mol. The van der Waals surface area contributed by atoms with E-state index in [0.29, 0.717) is 18.6 Å². The van der Waals surface area contributed by atoms with Crippen molar-refractivity contribution in [3.8, 4) is 5.75 Å². The van der Waals surface area contributed by atoms with E-state index in [9.17, 15) is 13.2 Å². The predicted octanol–water partition coefficient (Wildman–Crippen LogP) is 4.65. The third-order valence-electron chi connectivity index (χ3n) is 5.81. The predicted molar refractivity (Wildman–Crippen MR) is 128 cm³/mol. The number of ether oxygens (including phenoxy) is 1. The number of rotatable bonds is 10. The molecule has 2 atom stereocenters. The van der Waals surface area contributed by atoms with Crippen molar-refractivity contribution in [1.29, 1.82) is 0 Å². The van der Waals surface area contributed by atoms with Crippen molar-refractivity contribution in [1.82, 2.24) is 5.32 Å². The monoisotopic (exact) mass is 477 g/mol. The van der Waals surface area contributed by atoms with Crippen LogP contribution in [-0.4, -0.2) is 42.4 Å². The normalized spacial score (nSPS) is 20.9. The van der Waals surface area contributed by atoms with Gasteiger partial charge in [0.05, 0.1) is 18.4 Å². The number of carbonyl (C=O) groups excluding carboxylic acids is 1. The van der Waals surface area contributed by atoms with Gasteiger partial charge in [0, 0.05) is 29.0 Å². The molecule has 0 fully saturated rings. The van der Waals surface area contributed by atoms with Crippen LogP contribution in [0.1, 0.15) is 56.7 Å². The summed E-state index contributed by atoms with van der Waals surface area (Å²) >= 11 is 1.72. The minimum atomic E-state index is -3.98. The Morgan fingerprint density at radius 3 is 2.62 bits per heavy atom. The van der Waals surface area contributed by atoms with Gasteiger partial charge in [-0.1, -0.05) is 50.2 Å². The molecule has 174 valence electrons. The fourth-order valence-electron chi connectivity index (χ4n) is 3.88. The zero-order valence-electron chi connectivity index (χ0n) is 18.5. The highest BCUT2D eigenvalue weighted by Crippen LogP contribution is 2.41. The second-order valence-corrected chi connectivity index (χ2v) is 10.8. The number of benzene rings is 2. The summed E-state index contributed by atoms with van der Waals surface area (Å²) in [6.07, 6.45) is 2.07. The summed E-state index contributed by atoms with van der Waals surface area (Å²) in [6.45, 7) is 4.23. The molecule has 0 aromatic heterocycles. The van der Waals surface area contributed by atoms with Crippen LogP contribution in [-0.2, 0) is 14.9 Å². The summed E-state index contributed by atoms with van der Waals surface area (Å²) in [5.41, 5.74) is 1.96. The first-order valence-electron chi connectivity index (χ1n) is 10.9. The number of hydrogen-bond acceptors (Lipinski definition) is 6. The Labute approximate surface area is 194 Å². The number of Topliss-reactive ketones (excluding diaryl/α,β-unsaturated/α-hetero) is 1. The van der Waals surface area contributed by atoms with E-state index in [4.69, 9.17) is 9.29 Å². The summed E-state index contributed by atoms with van der Waals surface area (Å²) < 4.78 is 36.4. The van der Waals surface area contributed by atoms with E-state index < -0.39 is 10.1 Å². The van der Waals surface area contributed by atoms with Gasteiger partial charge >= 0.3 is 0 Å². The van der Waals surface area contributed by atoms with Crippen LogP contribution < -0.4 is 10.1 Å². The van der Waals surface area contributed by atoms with Gasteiger partial charge in [0.25, 0.3) is 10.1 Å². The first-order valence-corrected chi connectivity index (χ1v) is 13.5. The van der Waals surface area contributed by atoms with Gasteiger partial charge in [0.1, 0.15) is 11.5 Å². The molecule has 1 aliphatic rings.